The minimum atomic E-state index is -3.93. The summed E-state index contributed by atoms with van der Waals surface area (Å²) in [6.45, 7) is 5.59. The second kappa shape index (κ2) is 8.33. The molecule has 0 spiro atoms. The van der Waals surface area contributed by atoms with E-state index in [9.17, 15) is 18.3 Å². The molecule has 26 heavy (non-hydrogen) atoms. The van der Waals surface area contributed by atoms with Crippen LogP contribution in [-0.4, -0.2) is 25.5 Å². The molecule has 0 radical (unpaired) electrons. The highest BCUT2D eigenvalue weighted by Gasteiger charge is 2.26. The average Bonchev–Trinajstić information content (AvgIpc) is 2.56. The number of rotatable bonds is 8. The molecule has 0 aliphatic rings. The maximum atomic E-state index is 12.4. The Balaban J connectivity index is 2.15. The molecule has 7 heteroatoms. The Labute approximate surface area is 153 Å². The number of benzene rings is 2. The van der Waals surface area contributed by atoms with Crippen LogP contribution in [0.3, 0.4) is 0 Å². The van der Waals surface area contributed by atoms with E-state index in [0.717, 1.165) is 5.56 Å². The topological polar surface area (TPSA) is 92.7 Å². The fraction of sp³-hybridized carbons (Fsp3) is 0.316. The molecule has 0 saturated carbocycles. The summed E-state index contributed by atoms with van der Waals surface area (Å²) in [5.74, 6) is 0.0322. The predicted octanol–water partition coefficient (Wildman–Crippen LogP) is 3.56. The number of hydrogen-bond acceptors (Lipinski definition) is 4. The van der Waals surface area contributed by atoms with Gasteiger partial charge in [0.2, 0.25) is 10.0 Å². The molecule has 0 aliphatic carbocycles. The number of carboxylic acids is 1. The fourth-order valence-corrected chi connectivity index (χ4v) is 3.61. The summed E-state index contributed by atoms with van der Waals surface area (Å²) in [7, 11) is -3.93. The molecular formula is C19H23NO5S. The van der Waals surface area contributed by atoms with Gasteiger partial charge in [-0.1, -0.05) is 32.0 Å². The lowest BCUT2D eigenvalue weighted by Gasteiger charge is -2.17. The number of aliphatic carboxylic acids is 1. The number of para-hydroxylation sites is 1. The molecule has 0 bridgehead atoms. The molecule has 0 saturated heterocycles. The van der Waals surface area contributed by atoms with E-state index in [1.54, 1.807) is 12.1 Å². The van der Waals surface area contributed by atoms with Crippen LogP contribution in [0.1, 0.15) is 25.8 Å². The van der Waals surface area contributed by atoms with Crippen molar-refractivity contribution in [2.75, 3.05) is 0 Å². The van der Waals surface area contributed by atoms with Crippen LogP contribution in [0.15, 0.2) is 53.4 Å². The van der Waals surface area contributed by atoms with Gasteiger partial charge in [-0.2, -0.15) is 4.72 Å². The molecule has 140 valence electrons. The predicted molar refractivity (Wildman–Crippen MR) is 98.9 cm³/mol. The van der Waals surface area contributed by atoms with E-state index in [1.165, 1.54) is 12.1 Å². The van der Waals surface area contributed by atoms with Gasteiger partial charge >= 0.3 is 5.97 Å². The molecule has 0 aliphatic heterocycles. The number of nitrogens with one attached hydrogen (secondary N) is 1. The number of aryl methyl sites for hydroxylation is 1. The number of sulfonamides is 1. The zero-order valence-electron chi connectivity index (χ0n) is 15.0. The lowest BCUT2D eigenvalue weighted by molar-refractivity contribution is -0.139. The van der Waals surface area contributed by atoms with Gasteiger partial charge in [0.15, 0.2) is 0 Å². The van der Waals surface area contributed by atoms with Crippen molar-refractivity contribution in [2.45, 2.75) is 38.1 Å². The molecule has 0 fully saturated rings. The molecule has 0 aromatic heterocycles. The Hall–Kier alpha value is -2.38. The van der Waals surface area contributed by atoms with Crippen molar-refractivity contribution < 1.29 is 23.1 Å². The van der Waals surface area contributed by atoms with Gasteiger partial charge in [0.1, 0.15) is 17.5 Å². The lowest BCUT2D eigenvalue weighted by Crippen LogP contribution is -2.41. The third kappa shape index (κ3) is 5.31. The number of hydrogen-bond donors (Lipinski definition) is 2. The van der Waals surface area contributed by atoms with Crippen molar-refractivity contribution in [3.8, 4) is 11.5 Å². The molecule has 0 amide bonds. The van der Waals surface area contributed by atoms with Crippen LogP contribution >= 0.6 is 0 Å². The normalized spacial score (nSPS) is 12.8. The van der Waals surface area contributed by atoms with E-state index in [2.05, 4.69) is 4.72 Å². The Morgan fingerprint density at radius 2 is 1.73 bits per heavy atom. The third-order valence-electron chi connectivity index (χ3n) is 3.76. The van der Waals surface area contributed by atoms with E-state index in [0.29, 0.717) is 11.5 Å². The summed E-state index contributed by atoms with van der Waals surface area (Å²) in [5.41, 5.74) is 0.962. The summed E-state index contributed by atoms with van der Waals surface area (Å²) in [6.07, 6.45) is 0.211. The summed E-state index contributed by atoms with van der Waals surface area (Å²) in [6, 6.07) is 12.2. The third-order valence-corrected chi connectivity index (χ3v) is 5.25. The molecule has 2 rings (SSSR count). The average molecular weight is 377 g/mol. The van der Waals surface area contributed by atoms with E-state index in [1.807, 2.05) is 45.0 Å². The first kappa shape index (κ1) is 19.9. The summed E-state index contributed by atoms with van der Waals surface area (Å²) < 4.78 is 32.9. The van der Waals surface area contributed by atoms with Gasteiger partial charge in [0.25, 0.3) is 0 Å². The summed E-state index contributed by atoms with van der Waals surface area (Å²) >= 11 is 0. The highest BCUT2D eigenvalue weighted by atomic mass is 32.2. The lowest BCUT2D eigenvalue weighted by atomic mass is 10.1. The van der Waals surface area contributed by atoms with Crippen molar-refractivity contribution in [1.82, 2.24) is 4.72 Å². The molecular weight excluding hydrogens is 354 g/mol. The highest BCUT2D eigenvalue weighted by Crippen LogP contribution is 2.25. The molecule has 1 atom stereocenters. The number of carbonyl (C=O) groups is 1. The van der Waals surface area contributed by atoms with E-state index >= 15 is 0 Å². The molecule has 6 nitrogen and oxygen atoms in total. The SMILES string of the molecule is Cc1ccccc1Oc1ccc(S(=O)(=O)NC(CC(C)C)C(=O)O)cc1. The van der Waals surface area contributed by atoms with Crippen LogP contribution in [0.4, 0.5) is 0 Å². The van der Waals surface area contributed by atoms with Crippen LogP contribution < -0.4 is 9.46 Å². The Bertz CT molecular complexity index is 860. The number of carboxylic acid groups (broad SMARTS) is 1. The van der Waals surface area contributed by atoms with Gasteiger partial charge in [-0.05, 0) is 55.2 Å². The van der Waals surface area contributed by atoms with Crippen molar-refractivity contribution in [2.24, 2.45) is 5.92 Å². The van der Waals surface area contributed by atoms with E-state index < -0.39 is 22.0 Å². The Kier molecular flexibility index (Phi) is 6.39. The summed E-state index contributed by atoms with van der Waals surface area (Å²) in [5, 5.41) is 9.22. The Morgan fingerprint density at radius 3 is 2.27 bits per heavy atom. The standard InChI is InChI=1S/C19H23NO5S/c1-13(2)12-17(19(21)22)20-26(23,24)16-10-8-15(9-11-16)25-18-7-5-4-6-14(18)3/h4-11,13,17,20H,12H2,1-3H3,(H,21,22). The van der Waals surface area contributed by atoms with Gasteiger partial charge in [-0.3, -0.25) is 4.79 Å². The molecule has 2 aromatic rings. The quantitative estimate of drug-likeness (QED) is 0.734. The van der Waals surface area contributed by atoms with Crippen molar-refractivity contribution in [3.05, 3.63) is 54.1 Å². The fourth-order valence-electron chi connectivity index (χ4n) is 2.41. The zero-order chi connectivity index (χ0) is 19.3. The second-order valence-electron chi connectivity index (χ2n) is 6.48. The first-order valence-electron chi connectivity index (χ1n) is 8.27. The Morgan fingerprint density at radius 1 is 1.12 bits per heavy atom. The van der Waals surface area contributed by atoms with Crippen LogP contribution in [0.2, 0.25) is 0 Å². The van der Waals surface area contributed by atoms with E-state index in [-0.39, 0.29) is 17.2 Å². The highest BCUT2D eigenvalue weighted by molar-refractivity contribution is 7.89. The number of ether oxygens (including phenoxy) is 1. The van der Waals surface area contributed by atoms with Gasteiger partial charge in [0.05, 0.1) is 4.90 Å². The largest absolute Gasteiger partial charge is 0.480 e. The first-order chi connectivity index (χ1) is 12.2. The van der Waals surface area contributed by atoms with Crippen molar-refractivity contribution >= 4 is 16.0 Å². The van der Waals surface area contributed by atoms with Gasteiger partial charge in [0, 0.05) is 0 Å². The monoisotopic (exact) mass is 377 g/mol. The van der Waals surface area contributed by atoms with Gasteiger partial charge in [-0.15, -0.1) is 0 Å². The van der Waals surface area contributed by atoms with Crippen LogP contribution in [0.5, 0.6) is 11.5 Å². The van der Waals surface area contributed by atoms with Crippen LogP contribution in [0, 0.1) is 12.8 Å². The first-order valence-corrected chi connectivity index (χ1v) is 9.76. The maximum Gasteiger partial charge on any atom is 0.321 e. The molecule has 0 heterocycles. The van der Waals surface area contributed by atoms with Crippen molar-refractivity contribution in [3.63, 3.8) is 0 Å². The van der Waals surface area contributed by atoms with Crippen LogP contribution in [0.25, 0.3) is 0 Å². The minimum absolute atomic E-state index is 0.00959. The molecule has 1 unspecified atom stereocenters. The second-order valence-corrected chi connectivity index (χ2v) is 8.19. The maximum absolute atomic E-state index is 12.4. The van der Waals surface area contributed by atoms with Crippen LogP contribution in [-0.2, 0) is 14.8 Å². The molecule has 2 N–H and O–H groups in total. The van der Waals surface area contributed by atoms with Gasteiger partial charge in [-0.25, -0.2) is 8.42 Å². The molecule has 2 aromatic carbocycles. The van der Waals surface area contributed by atoms with Crippen molar-refractivity contribution in [1.29, 1.82) is 0 Å². The smallest absolute Gasteiger partial charge is 0.321 e. The van der Waals surface area contributed by atoms with E-state index in [4.69, 9.17) is 4.74 Å². The van der Waals surface area contributed by atoms with Gasteiger partial charge < -0.3 is 9.84 Å². The zero-order valence-corrected chi connectivity index (χ0v) is 15.8. The minimum Gasteiger partial charge on any atom is -0.480 e. The summed E-state index contributed by atoms with van der Waals surface area (Å²) in [4.78, 5) is 11.3.